The van der Waals surface area contributed by atoms with Crippen molar-refractivity contribution in [2.45, 2.75) is 40.3 Å². The van der Waals surface area contributed by atoms with E-state index in [1.54, 1.807) is 17.8 Å². The molecule has 0 amide bonds. The van der Waals surface area contributed by atoms with Crippen LogP contribution < -0.4 is 0 Å². The highest BCUT2D eigenvalue weighted by atomic mass is 16.3. The van der Waals surface area contributed by atoms with Gasteiger partial charge in [-0.05, 0) is 19.4 Å². The number of nitrogens with zero attached hydrogens (tertiary/aromatic N) is 2. The van der Waals surface area contributed by atoms with Crippen LogP contribution in [0.3, 0.4) is 0 Å². The molecule has 1 aromatic heterocycles. The average molecular weight is 170 g/mol. The summed E-state index contributed by atoms with van der Waals surface area (Å²) < 4.78 is 1.74. The van der Waals surface area contributed by atoms with Crippen molar-refractivity contribution in [1.29, 1.82) is 0 Å². The molecule has 0 unspecified atom stereocenters. The number of hydrogen-bond donors (Lipinski definition) is 1. The fraction of sp³-hybridized carbons (Fsp3) is 0.667. The minimum Gasteiger partial charge on any atom is -0.391 e. The smallest absolute Gasteiger partial charge is 0.0708 e. The maximum absolute atomic E-state index is 8.95. The fourth-order valence-corrected chi connectivity index (χ4v) is 0.838. The quantitative estimate of drug-likeness (QED) is 0.732. The summed E-state index contributed by atoms with van der Waals surface area (Å²) in [7, 11) is 0. The van der Waals surface area contributed by atoms with Gasteiger partial charge in [0.2, 0.25) is 0 Å². The molecular formula is C9H18N2O. The summed E-state index contributed by atoms with van der Waals surface area (Å²) >= 11 is 0. The van der Waals surface area contributed by atoms with E-state index in [-0.39, 0.29) is 6.10 Å². The highest BCUT2D eigenvalue weighted by Gasteiger charge is 1.97. The van der Waals surface area contributed by atoms with Gasteiger partial charge in [-0.15, -0.1) is 0 Å². The van der Waals surface area contributed by atoms with Gasteiger partial charge in [0.05, 0.1) is 18.8 Å². The molecule has 0 saturated heterocycles. The number of hydrogen-bond acceptors (Lipinski definition) is 2. The van der Waals surface area contributed by atoms with Crippen molar-refractivity contribution in [1.82, 2.24) is 9.78 Å². The molecule has 3 nitrogen and oxygen atoms in total. The first kappa shape index (κ1) is 11.2. The van der Waals surface area contributed by atoms with E-state index in [0.29, 0.717) is 6.54 Å². The van der Waals surface area contributed by atoms with Crippen LogP contribution >= 0.6 is 0 Å². The minimum absolute atomic E-state index is 0.320. The molecule has 1 heterocycles. The third kappa shape index (κ3) is 4.13. The van der Waals surface area contributed by atoms with Crippen LogP contribution in [-0.4, -0.2) is 21.0 Å². The van der Waals surface area contributed by atoms with Gasteiger partial charge < -0.3 is 5.11 Å². The molecule has 0 aliphatic carbocycles. The molecule has 12 heavy (non-hydrogen) atoms. The molecule has 0 aliphatic heterocycles. The molecule has 3 heteroatoms. The van der Waals surface area contributed by atoms with E-state index in [9.17, 15) is 0 Å². The summed E-state index contributed by atoms with van der Waals surface area (Å²) in [5.74, 6) is 0. The normalized spacial score (nSPS) is 11.8. The fourth-order valence-electron chi connectivity index (χ4n) is 0.838. The molecule has 0 aromatic carbocycles. The van der Waals surface area contributed by atoms with Crippen molar-refractivity contribution in [2.75, 3.05) is 0 Å². The van der Waals surface area contributed by atoms with Crippen LogP contribution in [0.1, 0.15) is 26.3 Å². The number of aliphatic hydroxyl groups excluding tert-OH is 1. The minimum atomic E-state index is -0.320. The lowest BCUT2D eigenvalue weighted by Gasteiger charge is -2.02. The highest BCUT2D eigenvalue weighted by Crippen LogP contribution is 1.95. The van der Waals surface area contributed by atoms with Crippen LogP contribution in [0.25, 0.3) is 0 Å². The molecule has 1 rings (SSSR count). The van der Waals surface area contributed by atoms with Crippen LogP contribution in [0.4, 0.5) is 0 Å². The monoisotopic (exact) mass is 170 g/mol. The van der Waals surface area contributed by atoms with Gasteiger partial charge in [0.15, 0.2) is 0 Å². The van der Waals surface area contributed by atoms with Gasteiger partial charge in [-0.2, -0.15) is 5.10 Å². The zero-order valence-corrected chi connectivity index (χ0v) is 8.28. The summed E-state index contributed by atoms with van der Waals surface area (Å²) in [6.45, 7) is 8.30. The van der Waals surface area contributed by atoms with Crippen LogP contribution in [0.15, 0.2) is 12.4 Å². The van der Waals surface area contributed by atoms with E-state index < -0.39 is 0 Å². The van der Waals surface area contributed by atoms with E-state index in [0.717, 1.165) is 5.56 Å². The van der Waals surface area contributed by atoms with Crippen molar-refractivity contribution in [3.8, 4) is 0 Å². The third-order valence-electron chi connectivity index (χ3n) is 1.21. The average Bonchev–Trinajstić information content (AvgIpc) is 2.39. The molecule has 0 fully saturated rings. The topological polar surface area (TPSA) is 38.0 Å². The Morgan fingerprint density at radius 3 is 2.50 bits per heavy atom. The number of aryl methyl sites for hydroxylation is 1. The van der Waals surface area contributed by atoms with E-state index in [2.05, 4.69) is 5.10 Å². The Morgan fingerprint density at radius 1 is 1.58 bits per heavy atom. The molecule has 1 N–H and O–H groups in total. The first-order valence-corrected chi connectivity index (χ1v) is 4.35. The number of rotatable bonds is 2. The lowest BCUT2D eigenvalue weighted by atomic mass is 10.4. The van der Waals surface area contributed by atoms with Gasteiger partial charge in [-0.1, -0.05) is 13.8 Å². The standard InChI is InChI=1S/C7H12N2O.C2H6/c1-6-3-8-9(4-6)5-7(2)10;1-2/h3-4,7,10H,5H2,1-2H3;1-2H3/t7-;/m1./s1. The van der Waals surface area contributed by atoms with Crippen LogP contribution in [0, 0.1) is 6.92 Å². The Morgan fingerprint density at radius 2 is 2.17 bits per heavy atom. The first-order valence-electron chi connectivity index (χ1n) is 4.35. The lowest BCUT2D eigenvalue weighted by molar-refractivity contribution is 0.168. The molecule has 0 aliphatic rings. The predicted octanol–water partition coefficient (Wildman–Crippen LogP) is 1.60. The lowest BCUT2D eigenvalue weighted by Crippen LogP contribution is -2.11. The van der Waals surface area contributed by atoms with E-state index in [4.69, 9.17) is 5.11 Å². The van der Waals surface area contributed by atoms with Crippen LogP contribution in [0.5, 0.6) is 0 Å². The van der Waals surface area contributed by atoms with Gasteiger partial charge in [-0.3, -0.25) is 4.68 Å². The second-order valence-corrected chi connectivity index (χ2v) is 2.59. The van der Waals surface area contributed by atoms with E-state index in [1.165, 1.54) is 0 Å². The second kappa shape index (κ2) is 5.77. The maximum atomic E-state index is 8.95. The zero-order valence-electron chi connectivity index (χ0n) is 8.28. The largest absolute Gasteiger partial charge is 0.391 e. The molecule has 0 spiro atoms. The van der Waals surface area contributed by atoms with Crippen LogP contribution in [0.2, 0.25) is 0 Å². The molecule has 0 radical (unpaired) electrons. The summed E-state index contributed by atoms with van der Waals surface area (Å²) in [6.07, 6.45) is 3.37. The number of aromatic nitrogens is 2. The Hall–Kier alpha value is -0.830. The predicted molar refractivity (Wildman–Crippen MR) is 50.0 cm³/mol. The van der Waals surface area contributed by atoms with Crippen molar-refractivity contribution in [3.05, 3.63) is 18.0 Å². The zero-order chi connectivity index (χ0) is 9.56. The SMILES string of the molecule is CC.Cc1cnn(C[C@@H](C)O)c1. The van der Waals surface area contributed by atoms with Gasteiger partial charge >= 0.3 is 0 Å². The van der Waals surface area contributed by atoms with Crippen molar-refractivity contribution in [3.63, 3.8) is 0 Å². The van der Waals surface area contributed by atoms with Crippen molar-refractivity contribution >= 4 is 0 Å². The molecule has 70 valence electrons. The summed E-state index contributed by atoms with van der Waals surface area (Å²) in [5.41, 5.74) is 1.13. The molecule has 0 saturated carbocycles. The van der Waals surface area contributed by atoms with Crippen LogP contribution in [-0.2, 0) is 6.54 Å². The summed E-state index contributed by atoms with van der Waals surface area (Å²) in [5, 5.41) is 13.0. The number of aliphatic hydroxyl groups is 1. The first-order chi connectivity index (χ1) is 5.68. The van der Waals surface area contributed by atoms with Crippen molar-refractivity contribution < 1.29 is 5.11 Å². The van der Waals surface area contributed by atoms with E-state index in [1.807, 2.05) is 27.0 Å². The molecule has 0 bridgehead atoms. The Bertz CT molecular complexity index is 206. The Labute approximate surface area is 74.0 Å². The van der Waals surface area contributed by atoms with Gasteiger partial charge in [0.25, 0.3) is 0 Å². The third-order valence-corrected chi connectivity index (χ3v) is 1.21. The Balaban J connectivity index is 0.000000561. The van der Waals surface area contributed by atoms with Gasteiger partial charge in [0.1, 0.15) is 0 Å². The molecular weight excluding hydrogens is 152 g/mol. The van der Waals surface area contributed by atoms with Gasteiger partial charge in [-0.25, -0.2) is 0 Å². The maximum Gasteiger partial charge on any atom is 0.0708 e. The highest BCUT2D eigenvalue weighted by molar-refractivity contribution is 4.99. The van der Waals surface area contributed by atoms with Gasteiger partial charge in [0, 0.05) is 6.20 Å². The van der Waals surface area contributed by atoms with Crippen molar-refractivity contribution in [2.24, 2.45) is 0 Å². The van der Waals surface area contributed by atoms with E-state index >= 15 is 0 Å². The molecule has 1 aromatic rings. The summed E-state index contributed by atoms with van der Waals surface area (Å²) in [6, 6.07) is 0. The Kier molecular flexibility index (Phi) is 5.37. The second-order valence-electron chi connectivity index (χ2n) is 2.59. The summed E-state index contributed by atoms with van der Waals surface area (Å²) in [4.78, 5) is 0. The molecule has 1 atom stereocenters.